The van der Waals surface area contributed by atoms with E-state index in [1.807, 2.05) is 28.0 Å². The first-order valence-corrected chi connectivity index (χ1v) is 10.2. The molecule has 2 saturated heterocycles. The molecule has 0 unspecified atom stereocenters. The highest BCUT2D eigenvalue weighted by atomic mass is 35.5. The molecule has 0 saturated carbocycles. The number of carbonyl (C=O) groups is 1. The van der Waals surface area contributed by atoms with Crippen molar-refractivity contribution in [1.82, 2.24) is 9.88 Å². The number of aromatic nitrogens is 1. The lowest BCUT2D eigenvalue weighted by atomic mass is 9.73. The van der Waals surface area contributed by atoms with Gasteiger partial charge in [-0.25, -0.2) is 14.2 Å². The van der Waals surface area contributed by atoms with Crippen molar-refractivity contribution in [2.45, 2.75) is 4.90 Å². The largest absolute Gasteiger partial charge is 0.355 e. The molecule has 0 N–H and O–H groups in total. The number of hydrogen-bond acceptors (Lipinski definition) is 4. The Morgan fingerprint density at radius 2 is 2.00 bits per heavy atom. The molecule has 2 fully saturated rings. The molecule has 4 heterocycles. The van der Waals surface area contributed by atoms with Crippen LogP contribution in [0.4, 0.5) is 20.7 Å². The van der Waals surface area contributed by atoms with E-state index in [1.54, 1.807) is 17.8 Å². The van der Waals surface area contributed by atoms with Gasteiger partial charge in [0, 0.05) is 53.8 Å². The van der Waals surface area contributed by atoms with Gasteiger partial charge in [-0.3, -0.25) is 4.90 Å². The lowest BCUT2D eigenvalue weighted by Crippen LogP contribution is -2.74. The van der Waals surface area contributed by atoms with Crippen LogP contribution in [-0.2, 0) is 0 Å². The normalized spacial score (nSPS) is 20.1. The third-order valence-electron chi connectivity index (χ3n) is 5.43. The van der Waals surface area contributed by atoms with E-state index in [4.69, 9.17) is 11.6 Å². The quantitative estimate of drug-likeness (QED) is 0.726. The second-order valence-corrected chi connectivity index (χ2v) is 9.01. The predicted molar refractivity (Wildman–Crippen MR) is 105 cm³/mol. The van der Waals surface area contributed by atoms with E-state index in [9.17, 15) is 9.18 Å². The molecule has 8 heteroatoms. The smallest absolute Gasteiger partial charge is 0.324 e. The fraction of sp³-hybridized carbons (Fsp3) is 0.368. The number of urea groups is 1. The number of carbonyl (C=O) groups excluding carboxylic acids is 1. The number of fused-ring (bicyclic) bond motifs is 1. The fourth-order valence-corrected chi connectivity index (χ4v) is 5.41. The Labute approximate surface area is 166 Å². The van der Waals surface area contributed by atoms with Gasteiger partial charge in [0.15, 0.2) is 0 Å². The lowest BCUT2D eigenvalue weighted by molar-refractivity contribution is 0.00970. The topological polar surface area (TPSA) is 39.7 Å². The highest BCUT2D eigenvalue weighted by Gasteiger charge is 2.54. The molecule has 2 amide bonds. The van der Waals surface area contributed by atoms with E-state index in [0.29, 0.717) is 11.6 Å². The van der Waals surface area contributed by atoms with Gasteiger partial charge in [-0.1, -0.05) is 11.6 Å². The summed E-state index contributed by atoms with van der Waals surface area (Å²) in [6.45, 7) is 3.95. The summed E-state index contributed by atoms with van der Waals surface area (Å²) >= 11 is 7.82. The number of amides is 2. The van der Waals surface area contributed by atoms with Gasteiger partial charge in [-0.05, 0) is 30.3 Å². The van der Waals surface area contributed by atoms with Crippen molar-refractivity contribution in [3.63, 3.8) is 0 Å². The van der Waals surface area contributed by atoms with Gasteiger partial charge in [0.05, 0.1) is 11.9 Å². The number of rotatable bonds is 1. The Balaban J connectivity index is 1.22. The summed E-state index contributed by atoms with van der Waals surface area (Å²) in [5, 5.41) is 0.697. The van der Waals surface area contributed by atoms with Crippen molar-refractivity contribution in [1.29, 1.82) is 0 Å². The second kappa shape index (κ2) is 6.27. The van der Waals surface area contributed by atoms with Crippen molar-refractivity contribution < 1.29 is 9.18 Å². The molecule has 27 heavy (non-hydrogen) atoms. The van der Waals surface area contributed by atoms with Crippen LogP contribution in [0.2, 0.25) is 5.02 Å². The summed E-state index contributed by atoms with van der Waals surface area (Å²) in [6, 6.07) is 8.91. The molecule has 0 bridgehead atoms. The monoisotopic (exact) mass is 404 g/mol. The van der Waals surface area contributed by atoms with Crippen LogP contribution in [0.25, 0.3) is 0 Å². The molecule has 3 aliphatic rings. The van der Waals surface area contributed by atoms with E-state index in [-0.39, 0.29) is 17.3 Å². The standard InChI is InChI=1S/C19H18ClFN4OS/c20-13-1-3-15-16(7-13)27-6-5-25(15)18(26)24-11-19(12-24)9-23(10-19)17-4-2-14(21)8-22-17/h1-4,7-8H,5-6,9-12H2. The van der Waals surface area contributed by atoms with Gasteiger partial charge in [-0.15, -0.1) is 11.8 Å². The van der Waals surface area contributed by atoms with Gasteiger partial charge >= 0.3 is 6.03 Å². The molecule has 1 aromatic heterocycles. The summed E-state index contributed by atoms with van der Waals surface area (Å²) in [5.74, 6) is 1.35. The molecule has 5 rings (SSSR count). The van der Waals surface area contributed by atoms with Crippen LogP contribution in [0.5, 0.6) is 0 Å². The van der Waals surface area contributed by atoms with E-state index in [0.717, 1.165) is 48.3 Å². The number of pyridine rings is 1. The number of halogens is 2. The van der Waals surface area contributed by atoms with Crippen molar-refractivity contribution in [3.8, 4) is 0 Å². The molecule has 2 aromatic rings. The highest BCUT2D eigenvalue weighted by Crippen LogP contribution is 2.43. The minimum atomic E-state index is -0.323. The van der Waals surface area contributed by atoms with Crippen LogP contribution in [-0.4, -0.2) is 54.4 Å². The molecule has 5 nitrogen and oxygen atoms in total. The Kier molecular flexibility index (Phi) is 3.98. The van der Waals surface area contributed by atoms with Gasteiger partial charge in [-0.2, -0.15) is 0 Å². The molecule has 0 aliphatic carbocycles. The summed E-state index contributed by atoms with van der Waals surface area (Å²) in [5.41, 5.74) is 1.10. The molecule has 1 aromatic carbocycles. The minimum absolute atomic E-state index is 0.0721. The van der Waals surface area contributed by atoms with E-state index < -0.39 is 0 Å². The van der Waals surface area contributed by atoms with Gasteiger partial charge in [0.25, 0.3) is 0 Å². The zero-order valence-corrected chi connectivity index (χ0v) is 16.1. The summed E-state index contributed by atoms with van der Waals surface area (Å²) < 4.78 is 13.0. The maximum absolute atomic E-state index is 13.0. The van der Waals surface area contributed by atoms with Crippen LogP contribution in [0.15, 0.2) is 41.4 Å². The number of anilines is 2. The van der Waals surface area contributed by atoms with Crippen LogP contribution in [0, 0.1) is 11.2 Å². The first-order chi connectivity index (χ1) is 13.0. The Morgan fingerprint density at radius 3 is 2.74 bits per heavy atom. The molecule has 0 radical (unpaired) electrons. The average Bonchev–Trinajstić information content (AvgIpc) is 2.59. The van der Waals surface area contributed by atoms with Gasteiger partial charge < -0.3 is 9.80 Å². The van der Waals surface area contributed by atoms with Crippen LogP contribution < -0.4 is 9.80 Å². The number of likely N-dealkylation sites (tertiary alicyclic amines) is 1. The zero-order chi connectivity index (χ0) is 18.6. The number of hydrogen-bond donors (Lipinski definition) is 0. The highest BCUT2D eigenvalue weighted by molar-refractivity contribution is 7.99. The van der Waals surface area contributed by atoms with Crippen molar-refractivity contribution in [3.05, 3.63) is 47.4 Å². The van der Waals surface area contributed by atoms with Crippen LogP contribution in [0.3, 0.4) is 0 Å². The number of benzene rings is 1. The van der Waals surface area contributed by atoms with Crippen molar-refractivity contribution >= 4 is 40.9 Å². The van der Waals surface area contributed by atoms with E-state index >= 15 is 0 Å². The third-order valence-corrected chi connectivity index (χ3v) is 6.69. The second-order valence-electron chi connectivity index (χ2n) is 7.44. The molecular formula is C19H18ClFN4OS. The lowest BCUT2D eigenvalue weighted by Gasteiger charge is -2.60. The van der Waals surface area contributed by atoms with Crippen molar-refractivity contribution in [2.24, 2.45) is 5.41 Å². The Morgan fingerprint density at radius 1 is 1.19 bits per heavy atom. The first kappa shape index (κ1) is 17.1. The molecule has 140 valence electrons. The Bertz CT molecular complexity index is 895. The van der Waals surface area contributed by atoms with Gasteiger partial charge in [0.2, 0.25) is 0 Å². The van der Waals surface area contributed by atoms with Crippen molar-refractivity contribution in [2.75, 3.05) is 48.3 Å². The zero-order valence-electron chi connectivity index (χ0n) is 14.6. The van der Waals surface area contributed by atoms with Crippen LogP contribution >= 0.6 is 23.4 Å². The molecule has 1 spiro atoms. The first-order valence-electron chi connectivity index (χ1n) is 8.88. The fourth-order valence-electron chi connectivity index (χ4n) is 4.14. The maximum atomic E-state index is 13.0. The number of thioether (sulfide) groups is 1. The molecular weight excluding hydrogens is 387 g/mol. The SMILES string of the molecule is O=C(N1CC2(C1)CN(c1ccc(F)cn1)C2)N1CCSc2cc(Cl)ccc21. The maximum Gasteiger partial charge on any atom is 0.324 e. The predicted octanol–water partition coefficient (Wildman–Crippen LogP) is 3.73. The molecule has 3 aliphatic heterocycles. The summed E-state index contributed by atoms with van der Waals surface area (Å²) in [7, 11) is 0. The van der Waals surface area contributed by atoms with E-state index in [1.165, 1.54) is 12.3 Å². The minimum Gasteiger partial charge on any atom is -0.355 e. The summed E-state index contributed by atoms with van der Waals surface area (Å²) in [4.78, 5) is 24.1. The summed E-state index contributed by atoms with van der Waals surface area (Å²) in [6.07, 6.45) is 1.25. The average molecular weight is 405 g/mol. The Hall–Kier alpha value is -1.99. The number of nitrogens with zero attached hydrogens (tertiary/aromatic N) is 4. The van der Waals surface area contributed by atoms with E-state index in [2.05, 4.69) is 9.88 Å². The third kappa shape index (κ3) is 2.93. The van der Waals surface area contributed by atoms with Crippen LogP contribution in [0.1, 0.15) is 0 Å². The molecule has 0 atom stereocenters. The van der Waals surface area contributed by atoms with Gasteiger partial charge in [0.1, 0.15) is 11.6 Å².